The Kier molecular flexibility index (Phi) is 5.01. The number of ether oxygens (including phenoxy) is 1. The van der Waals surface area contributed by atoms with E-state index >= 15 is 0 Å². The van der Waals surface area contributed by atoms with Crippen molar-refractivity contribution in [3.63, 3.8) is 0 Å². The van der Waals surface area contributed by atoms with Gasteiger partial charge in [0.05, 0.1) is 24.2 Å². The highest BCUT2D eigenvalue weighted by Crippen LogP contribution is 2.29. The Balaban J connectivity index is 2.71. The molecule has 0 amide bonds. The summed E-state index contributed by atoms with van der Waals surface area (Å²) in [6.07, 6.45) is -0.00608. The Morgan fingerprint density at radius 2 is 2.17 bits per heavy atom. The lowest BCUT2D eigenvalue weighted by atomic mass is 9.92. The summed E-state index contributed by atoms with van der Waals surface area (Å²) < 4.78 is 5.62. The molecule has 0 fully saturated rings. The van der Waals surface area contributed by atoms with Gasteiger partial charge in [-0.05, 0) is 45.4 Å². The van der Waals surface area contributed by atoms with E-state index in [4.69, 9.17) is 21.6 Å². The van der Waals surface area contributed by atoms with Gasteiger partial charge in [0.1, 0.15) is 5.75 Å². The van der Waals surface area contributed by atoms with Gasteiger partial charge in [-0.15, -0.1) is 0 Å². The van der Waals surface area contributed by atoms with Crippen molar-refractivity contribution in [3.8, 4) is 11.8 Å². The molecule has 0 saturated heterocycles. The zero-order valence-electron chi connectivity index (χ0n) is 10.9. The zero-order valence-corrected chi connectivity index (χ0v) is 11.7. The lowest BCUT2D eigenvalue weighted by Crippen LogP contribution is -2.13. The van der Waals surface area contributed by atoms with Crippen molar-refractivity contribution in [2.75, 3.05) is 6.61 Å². The van der Waals surface area contributed by atoms with E-state index in [1.54, 1.807) is 25.1 Å². The third-order valence-electron chi connectivity index (χ3n) is 2.71. The second-order valence-electron chi connectivity index (χ2n) is 4.95. The minimum Gasteiger partial charge on any atom is -0.493 e. The van der Waals surface area contributed by atoms with Crippen LogP contribution in [-0.4, -0.2) is 11.7 Å². The monoisotopic (exact) mass is 267 g/mol. The molecule has 0 bridgehead atoms. The van der Waals surface area contributed by atoms with E-state index in [-0.39, 0.29) is 0 Å². The van der Waals surface area contributed by atoms with Crippen LogP contribution in [0.3, 0.4) is 0 Å². The van der Waals surface area contributed by atoms with E-state index in [0.29, 0.717) is 29.4 Å². The van der Waals surface area contributed by atoms with Crippen LogP contribution < -0.4 is 4.74 Å². The highest BCUT2D eigenvalue weighted by molar-refractivity contribution is 6.30. The van der Waals surface area contributed by atoms with Gasteiger partial charge in [-0.2, -0.15) is 5.26 Å². The van der Waals surface area contributed by atoms with Crippen molar-refractivity contribution >= 4 is 11.6 Å². The van der Waals surface area contributed by atoms with Crippen LogP contribution in [0, 0.1) is 16.7 Å². The van der Waals surface area contributed by atoms with Crippen LogP contribution in [0.25, 0.3) is 0 Å². The van der Waals surface area contributed by atoms with Crippen LogP contribution in [0.15, 0.2) is 18.2 Å². The molecule has 1 N–H and O–H groups in total. The molecule has 0 spiro atoms. The van der Waals surface area contributed by atoms with Crippen LogP contribution in [0.2, 0.25) is 5.02 Å². The summed E-state index contributed by atoms with van der Waals surface area (Å²) in [6, 6.07) is 7.38. The first-order valence-electron chi connectivity index (χ1n) is 5.87. The summed E-state index contributed by atoms with van der Waals surface area (Å²) in [5.41, 5.74) is 0.259. The summed E-state index contributed by atoms with van der Waals surface area (Å²) in [7, 11) is 0. The molecule has 0 saturated carbocycles. The van der Waals surface area contributed by atoms with Gasteiger partial charge in [-0.3, -0.25) is 0 Å². The predicted molar refractivity (Wildman–Crippen MR) is 71.6 cm³/mol. The van der Waals surface area contributed by atoms with Crippen molar-refractivity contribution in [1.29, 1.82) is 5.26 Å². The lowest BCUT2D eigenvalue weighted by molar-refractivity contribution is 0.188. The number of hydrogen-bond acceptors (Lipinski definition) is 3. The van der Waals surface area contributed by atoms with Gasteiger partial charge in [-0.25, -0.2) is 0 Å². The molecule has 0 heterocycles. The van der Waals surface area contributed by atoms with E-state index in [9.17, 15) is 5.11 Å². The second kappa shape index (κ2) is 6.08. The van der Waals surface area contributed by atoms with E-state index < -0.39 is 11.5 Å². The first kappa shape index (κ1) is 14.8. The van der Waals surface area contributed by atoms with Gasteiger partial charge in [0, 0.05) is 10.6 Å². The fraction of sp³-hybridized carbons (Fsp3) is 0.500. The quantitative estimate of drug-likeness (QED) is 0.885. The molecular formula is C14H18ClNO2. The number of nitriles is 1. The first-order chi connectivity index (χ1) is 8.35. The fourth-order valence-corrected chi connectivity index (χ4v) is 1.63. The summed E-state index contributed by atoms with van der Waals surface area (Å²) >= 11 is 5.88. The number of aliphatic hydroxyl groups excluding tert-OH is 1. The maximum Gasteiger partial charge on any atom is 0.125 e. The number of benzene rings is 1. The standard InChI is InChI=1S/C14H18ClNO2/c1-10(17)12-8-11(15)4-5-13(12)18-7-6-14(2,3)9-16/h4-5,8,10,17H,6-7H2,1-3H3/t10-/m0/s1. The molecular weight excluding hydrogens is 250 g/mol. The van der Waals surface area contributed by atoms with Crippen molar-refractivity contribution in [1.82, 2.24) is 0 Å². The van der Waals surface area contributed by atoms with E-state index in [0.717, 1.165) is 0 Å². The third-order valence-corrected chi connectivity index (χ3v) is 2.94. The van der Waals surface area contributed by atoms with Crippen LogP contribution in [0.4, 0.5) is 0 Å². The summed E-state index contributed by atoms with van der Waals surface area (Å²) in [5, 5.41) is 19.1. The smallest absolute Gasteiger partial charge is 0.125 e. The van der Waals surface area contributed by atoms with Crippen molar-refractivity contribution < 1.29 is 9.84 Å². The SMILES string of the molecule is C[C@H](O)c1cc(Cl)ccc1OCCC(C)(C)C#N. The minimum atomic E-state index is -0.636. The summed E-state index contributed by atoms with van der Waals surface area (Å²) in [4.78, 5) is 0. The van der Waals surface area contributed by atoms with Gasteiger partial charge < -0.3 is 9.84 Å². The largest absolute Gasteiger partial charge is 0.493 e. The molecule has 1 rings (SSSR count). The summed E-state index contributed by atoms with van der Waals surface area (Å²) in [5.74, 6) is 0.614. The van der Waals surface area contributed by atoms with Crippen LogP contribution in [0.1, 0.15) is 38.9 Å². The van der Waals surface area contributed by atoms with Crippen LogP contribution in [-0.2, 0) is 0 Å². The van der Waals surface area contributed by atoms with Crippen LogP contribution >= 0.6 is 11.6 Å². The number of halogens is 1. The molecule has 0 aromatic heterocycles. The lowest BCUT2D eigenvalue weighted by Gasteiger charge is -2.17. The fourth-order valence-electron chi connectivity index (χ4n) is 1.45. The molecule has 0 unspecified atom stereocenters. The number of nitrogens with zero attached hydrogens (tertiary/aromatic N) is 1. The van der Waals surface area contributed by atoms with E-state index in [2.05, 4.69) is 6.07 Å². The minimum absolute atomic E-state index is 0.405. The van der Waals surface area contributed by atoms with Crippen molar-refractivity contribution in [2.24, 2.45) is 5.41 Å². The summed E-state index contributed by atoms with van der Waals surface area (Å²) in [6.45, 7) is 5.83. The van der Waals surface area contributed by atoms with Gasteiger partial charge in [0.15, 0.2) is 0 Å². The third kappa shape index (κ3) is 4.21. The van der Waals surface area contributed by atoms with Crippen molar-refractivity contribution in [3.05, 3.63) is 28.8 Å². The average molecular weight is 268 g/mol. The normalized spacial score (nSPS) is 12.9. The maximum atomic E-state index is 9.64. The molecule has 1 aromatic carbocycles. The number of aliphatic hydroxyl groups is 1. The Morgan fingerprint density at radius 3 is 2.72 bits per heavy atom. The first-order valence-corrected chi connectivity index (χ1v) is 6.25. The number of hydrogen-bond donors (Lipinski definition) is 1. The van der Waals surface area contributed by atoms with Gasteiger partial charge in [0.25, 0.3) is 0 Å². The second-order valence-corrected chi connectivity index (χ2v) is 5.39. The molecule has 1 atom stereocenters. The Hall–Kier alpha value is -1.24. The molecule has 1 aromatic rings. The highest BCUT2D eigenvalue weighted by atomic mass is 35.5. The molecule has 0 aliphatic rings. The molecule has 98 valence electrons. The number of rotatable bonds is 5. The zero-order chi connectivity index (χ0) is 13.8. The molecule has 4 heteroatoms. The van der Waals surface area contributed by atoms with Gasteiger partial charge in [0.2, 0.25) is 0 Å². The molecule has 18 heavy (non-hydrogen) atoms. The van der Waals surface area contributed by atoms with Gasteiger partial charge >= 0.3 is 0 Å². The predicted octanol–water partition coefficient (Wildman–Crippen LogP) is 3.71. The molecule has 0 aliphatic carbocycles. The highest BCUT2D eigenvalue weighted by Gasteiger charge is 2.17. The van der Waals surface area contributed by atoms with Crippen molar-refractivity contribution in [2.45, 2.75) is 33.3 Å². The Morgan fingerprint density at radius 1 is 1.50 bits per heavy atom. The molecule has 0 aliphatic heterocycles. The molecule has 3 nitrogen and oxygen atoms in total. The Bertz CT molecular complexity index is 450. The van der Waals surface area contributed by atoms with Gasteiger partial charge in [-0.1, -0.05) is 11.6 Å². The van der Waals surface area contributed by atoms with Crippen LogP contribution in [0.5, 0.6) is 5.75 Å². The topological polar surface area (TPSA) is 53.2 Å². The average Bonchev–Trinajstić information content (AvgIpc) is 2.30. The Labute approximate surface area is 113 Å². The molecule has 0 radical (unpaired) electrons. The van der Waals surface area contributed by atoms with E-state index in [1.165, 1.54) is 0 Å². The maximum absolute atomic E-state index is 9.64. The van der Waals surface area contributed by atoms with E-state index in [1.807, 2.05) is 13.8 Å².